The highest BCUT2D eigenvalue weighted by molar-refractivity contribution is 5.95. The number of pyridine rings is 1. The van der Waals surface area contributed by atoms with Gasteiger partial charge in [0.15, 0.2) is 17.4 Å². The van der Waals surface area contributed by atoms with Crippen molar-refractivity contribution in [1.29, 1.82) is 0 Å². The van der Waals surface area contributed by atoms with Crippen LogP contribution in [0.1, 0.15) is 52.8 Å². The SMILES string of the molecule is O=C(CC1CC1)c1cnc2n1C[C@H](C(c1ccccc1)c1ccccc1)n1ccc(=O)c(O)c1-2. The van der Waals surface area contributed by atoms with Crippen molar-refractivity contribution in [2.45, 2.75) is 37.8 Å². The Bertz CT molecular complexity index is 1380. The summed E-state index contributed by atoms with van der Waals surface area (Å²) in [5, 5.41) is 10.9. The normalized spacial score (nSPS) is 16.8. The predicted molar refractivity (Wildman–Crippen MR) is 129 cm³/mol. The van der Waals surface area contributed by atoms with Crippen LogP contribution in [-0.4, -0.2) is 25.0 Å². The van der Waals surface area contributed by atoms with Crippen LogP contribution >= 0.6 is 0 Å². The summed E-state index contributed by atoms with van der Waals surface area (Å²) in [6.07, 6.45) is 6.05. The van der Waals surface area contributed by atoms with Gasteiger partial charge in [-0.3, -0.25) is 9.59 Å². The molecule has 6 nitrogen and oxygen atoms in total. The minimum atomic E-state index is -0.455. The van der Waals surface area contributed by atoms with Crippen LogP contribution in [0, 0.1) is 5.92 Å². The molecule has 1 N–H and O–H groups in total. The molecule has 170 valence electrons. The molecule has 34 heavy (non-hydrogen) atoms. The number of Topliss-reactive ketones (excluding diaryl/α,β-unsaturated/α-hetero) is 1. The molecule has 4 aromatic rings. The van der Waals surface area contributed by atoms with Crippen LogP contribution in [-0.2, 0) is 6.54 Å². The van der Waals surface area contributed by atoms with Crippen LogP contribution < -0.4 is 5.43 Å². The number of imidazole rings is 1. The quantitative estimate of drug-likeness (QED) is 0.428. The Hall–Kier alpha value is -3.93. The molecule has 1 aliphatic heterocycles. The van der Waals surface area contributed by atoms with E-state index in [1.807, 2.05) is 45.5 Å². The molecule has 0 unspecified atom stereocenters. The van der Waals surface area contributed by atoms with E-state index >= 15 is 0 Å². The van der Waals surface area contributed by atoms with Crippen molar-refractivity contribution < 1.29 is 9.90 Å². The maximum Gasteiger partial charge on any atom is 0.223 e. The molecule has 6 heteroatoms. The first-order valence-electron chi connectivity index (χ1n) is 11.7. The number of carbonyl (C=O) groups is 1. The van der Waals surface area contributed by atoms with Crippen LogP contribution in [0.2, 0.25) is 0 Å². The minimum Gasteiger partial charge on any atom is -0.503 e. The molecule has 0 bridgehead atoms. The lowest BCUT2D eigenvalue weighted by atomic mass is 9.83. The fourth-order valence-electron chi connectivity index (χ4n) is 5.20. The van der Waals surface area contributed by atoms with Gasteiger partial charge in [-0.2, -0.15) is 0 Å². The number of hydrogen-bond donors (Lipinski definition) is 1. The van der Waals surface area contributed by atoms with E-state index in [2.05, 4.69) is 29.2 Å². The Balaban J connectivity index is 1.55. The Morgan fingerprint density at radius 2 is 1.65 bits per heavy atom. The molecule has 1 fully saturated rings. The van der Waals surface area contributed by atoms with Crippen LogP contribution in [0.4, 0.5) is 0 Å². The lowest BCUT2D eigenvalue weighted by Gasteiger charge is -2.36. The van der Waals surface area contributed by atoms with E-state index in [4.69, 9.17) is 0 Å². The molecule has 1 saturated carbocycles. The van der Waals surface area contributed by atoms with Gasteiger partial charge in [-0.1, -0.05) is 60.7 Å². The number of aromatic nitrogens is 3. The van der Waals surface area contributed by atoms with Gasteiger partial charge in [-0.25, -0.2) is 4.98 Å². The average molecular weight is 452 g/mol. The average Bonchev–Trinajstić information content (AvgIpc) is 3.58. The molecule has 1 atom stereocenters. The predicted octanol–water partition coefficient (Wildman–Crippen LogP) is 4.79. The van der Waals surface area contributed by atoms with Gasteiger partial charge in [0.1, 0.15) is 11.4 Å². The van der Waals surface area contributed by atoms with Crippen molar-refractivity contribution in [3.05, 3.63) is 106 Å². The zero-order valence-corrected chi connectivity index (χ0v) is 18.7. The lowest BCUT2D eigenvalue weighted by molar-refractivity contribution is 0.0965. The molecule has 0 saturated heterocycles. The summed E-state index contributed by atoms with van der Waals surface area (Å²) in [6, 6.07) is 21.7. The van der Waals surface area contributed by atoms with E-state index in [9.17, 15) is 14.7 Å². The van der Waals surface area contributed by atoms with Gasteiger partial charge in [-0.15, -0.1) is 0 Å². The van der Waals surface area contributed by atoms with E-state index in [0.29, 0.717) is 36.1 Å². The van der Waals surface area contributed by atoms with Gasteiger partial charge in [0.05, 0.1) is 12.2 Å². The van der Waals surface area contributed by atoms with Crippen LogP contribution in [0.25, 0.3) is 11.5 Å². The summed E-state index contributed by atoms with van der Waals surface area (Å²) in [6.45, 7) is 0.505. The third-order valence-corrected chi connectivity index (χ3v) is 7.06. The van der Waals surface area contributed by atoms with Gasteiger partial charge in [-0.05, 0) is 29.9 Å². The minimum absolute atomic E-state index is 0.0648. The summed E-state index contributed by atoms with van der Waals surface area (Å²) in [5.41, 5.74) is 2.71. The van der Waals surface area contributed by atoms with Crippen molar-refractivity contribution in [2.24, 2.45) is 5.92 Å². The highest BCUT2D eigenvalue weighted by Crippen LogP contribution is 2.44. The number of carbonyl (C=O) groups excluding carboxylic acids is 1. The van der Waals surface area contributed by atoms with Gasteiger partial charge >= 0.3 is 0 Å². The lowest BCUT2D eigenvalue weighted by Crippen LogP contribution is -2.32. The topological polar surface area (TPSA) is 77.1 Å². The molecule has 2 aromatic heterocycles. The van der Waals surface area contributed by atoms with Crippen LogP contribution in [0.15, 0.2) is 83.9 Å². The molecule has 3 heterocycles. The number of aromatic hydroxyl groups is 1. The first-order valence-corrected chi connectivity index (χ1v) is 11.7. The fourth-order valence-corrected chi connectivity index (χ4v) is 5.20. The maximum atomic E-state index is 13.1. The fraction of sp³-hybridized carbons (Fsp3) is 0.250. The van der Waals surface area contributed by atoms with Crippen molar-refractivity contribution >= 4 is 5.78 Å². The number of fused-ring (bicyclic) bond motifs is 3. The Labute approximate surface area is 197 Å². The third-order valence-electron chi connectivity index (χ3n) is 7.06. The molecule has 2 aromatic carbocycles. The third kappa shape index (κ3) is 3.46. The molecule has 0 spiro atoms. The van der Waals surface area contributed by atoms with E-state index < -0.39 is 5.43 Å². The first-order chi connectivity index (χ1) is 16.6. The number of rotatable bonds is 6. The van der Waals surface area contributed by atoms with Crippen molar-refractivity contribution in [2.75, 3.05) is 0 Å². The van der Waals surface area contributed by atoms with Crippen molar-refractivity contribution in [1.82, 2.24) is 14.1 Å². The first kappa shape index (κ1) is 20.7. The molecule has 1 aliphatic carbocycles. The maximum absolute atomic E-state index is 13.1. The largest absolute Gasteiger partial charge is 0.503 e. The molecule has 0 amide bonds. The van der Waals surface area contributed by atoms with Gasteiger partial charge < -0.3 is 14.2 Å². The van der Waals surface area contributed by atoms with Gasteiger partial charge in [0, 0.05) is 31.1 Å². The van der Waals surface area contributed by atoms with E-state index in [-0.39, 0.29) is 23.5 Å². The van der Waals surface area contributed by atoms with Crippen LogP contribution in [0.5, 0.6) is 5.75 Å². The second kappa shape index (κ2) is 8.13. The highest BCUT2D eigenvalue weighted by atomic mass is 16.3. The summed E-state index contributed by atoms with van der Waals surface area (Å²) in [4.78, 5) is 30.1. The number of benzene rings is 2. The molecular weight excluding hydrogens is 426 g/mol. The van der Waals surface area contributed by atoms with Gasteiger partial charge in [0.2, 0.25) is 5.43 Å². The Kier molecular flexibility index (Phi) is 4.94. The highest BCUT2D eigenvalue weighted by Gasteiger charge is 2.37. The van der Waals surface area contributed by atoms with Gasteiger partial charge in [0.25, 0.3) is 0 Å². The number of ketones is 1. The summed E-state index contributed by atoms with van der Waals surface area (Å²) >= 11 is 0. The zero-order chi connectivity index (χ0) is 23.2. The van der Waals surface area contributed by atoms with E-state index in [1.54, 1.807) is 12.4 Å². The van der Waals surface area contributed by atoms with Crippen molar-refractivity contribution in [3.8, 4) is 17.3 Å². The second-order valence-electron chi connectivity index (χ2n) is 9.30. The molecular formula is C28H25N3O3. The van der Waals surface area contributed by atoms with Crippen LogP contribution in [0.3, 0.4) is 0 Å². The summed E-state index contributed by atoms with van der Waals surface area (Å²) in [7, 11) is 0. The standard InChI is InChI=1S/C28H25N3O3/c32-23-13-14-30-22(25(19-7-3-1-4-8-19)20-9-5-2-6-10-20)17-31-21(24(33)15-18-11-12-18)16-29-28(31)26(30)27(23)34/h1-10,13-14,16,18,22,25,34H,11-12,15,17H2/t22-/m1/s1. The number of hydrogen-bond acceptors (Lipinski definition) is 4. The Morgan fingerprint density at radius 3 is 2.26 bits per heavy atom. The smallest absolute Gasteiger partial charge is 0.223 e. The zero-order valence-electron chi connectivity index (χ0n) is 18.7. The summed E-state index contributed by atoms with van der Waals surface area (Å²) < 4.78 is 3.86. The van der Waals surface area contributed by atoms with Crippen molar-refractivity contribution in [3.63, 3.8) is 0 Å². The number of nitrogens with zero attached hydrogens (tertiary/aromatic N) is 3. The molecule has 2 aliphatic rings. The molecule has 0 radical (unpaired) electrons. The molecule has 6 rings (SSSR count). The second-order valence-corrected chi connectivity index (χ2v) is 9.30. The van der Waals surface area contributed by atoms with E-state index in [1.165, 1.54) is 6.07 Å². The Morgan fingerprint density at radius 1 is 1.00 bits per heavy atom. The van der Waals surface area contributed by atoms with E-state index in [0.717, 1.165) is 24.0 Å². The monoisotopic (exact) mass is 451 g/mol. The summed E-state index contributed by atoms with van der Waals surface area (Å²) in [5.74, 6) is 0.598.